The Balaban J connectivity index is -0.0000000450. The molecule has 0 aliphatic rings. The predicted molar refractivity (Wildman–Crippen MR) is 11.3 cm³/mol. The van der Waals surface area contributed by atoms with Gasteiger partial charge in [-0.2, -0.15) is 0 Å². The van der Waals surface area contributed by atoms with Gasteiger partial charge < -0.3 is 5.21 Å². The molecule has 0 amide bonds. The van der Waals surface area contributed by atoms with Crippen molar-refractivity contribution >= 4 is 0 Å². The van der Waals surface area contributed by atoms with Gasteiger partial charge in [-0.25, -0.2) is 0 Å². The van der Waals surface area contributed by atoms with Gasteiger partial charge in [0.2, 0.25) is 0 Å². The maximum absolute atomic E-state index is 8.36. The summed E-state index contributed by atoms with van der Waals surface area (Å²) in [4.78, 5) is 8.36. The fourth-order valence-electron chi connectivity index (χ4n) is 0. The molecule has 0 saturated carbocycles. The first-order chi connectivity index (χ1) is 1.73. The Morgan fingerprint density at radius 3 is 1.67 bits per heavy atom. The van der Waals surface area contributed by atoms with Crippen LogP contribution in [0.5, 0.6) is 0 Å². The summed E-state index contributed by atoms with van der Waals surface area (Å²) in [7, 11) is 0. The zero-order chi connectivity index (χ0) is 3.58. The van der Waals surface area contributed by atoms with E-state index in [0.717, 1.165) is 0 Å². The van der Waals surface area contributed by atoms with Crippen LogP contribution in [0.4, 0.5) is 4.70 Å². The number of hydrogen-bond acceptors (Lipinski definition) is 2. The Morgan fingerprint density at radius 2 is 1.67 bits per heavy atom. The summed E-state index contributed by atoms with van der Waals surface area (Å²) in [6.07, 6.45) is 0. The second-order valence-corrected chi connectivity index (χ2v) is 0.238. The van der Waals surface area contributed by atoms with Crippen LogP contribution in [0.15, 0.2) is 0 Å². The van der Waals surface area contributed by atoms with Gasteiger partial charge in [-0.15, -0.1) is 10.1 Å². The van der Waals surface area contributed by atoms with Crippen LogP contribution in [-0.4, -0.2) is 10.3 Å². The third-order valence-electron chi connectivity index (χ3n) is 0. The van der Waals surface area contributed by atoms with Crippen molar-refractivity contribution < 1.29 is 36.7 Å². The third kappa shape index (κ3) is 1280. The van der Waals surface area contributed by atoms with Gasteiger partial charge in [0.15, 0.2) is 0 Å². The molecule has 0 unspecified atom stereocenters. The fraction of sp³-hybridized carbons (Fsp3) is 0. The molecule has 0 atom stereocenters. The van der Waals surface area contributed by atoms with Crippen LogP contribution in [0.3, 0.4) is 0 Å². The first-order valence-corrected chi connectivity index (χ1v) is 0.565. The van der Waals surface area contributed by atoms with Crippen LogP contribution < -0.4 is 0 Å². The van der Waals surface area contributed by atoms with Gasteiger partial charge >= 0.3 is 0 Å². The van der Waals surface area contributed by atoms with E-state index in [2.05, 4.69) is 0 Å². The summed E-state index contributed by atoms with van der Waals surface area (Å²) in [6.45, 7) is 0. The molecule has 0 rings (SSSR count). The van der Waals surface area contributed by atoms with E-state index in [-0.39, 0.29) is 26.4 Å². The zero-order valence-corrected chi connectivity index (χ0v) is 4.18. The first kappa shape index (κ1) is 17.0. The van der Waals surface area contributed by atoms with Crippen molar-refractivity contribution in [3.05, 3.63) is 10.1 Å². The van der Waals surface area contributed by atoms with Crippen LogP contribution in [0.25, 0.3) is 0 Å². The van der Waals surface area contributed by atoms with Gasteiger partial charge in [0.05, 0.1) is 0 Å². The summed E-state index contributed by atoms with van der Waals surface area (Å²) in [5, 5.41) is 13.6. The van der Waals surface area contributed by atoms with Crippen LogP contribution in [0, 0.1) is 10.1 Å². The van der Waals surface area contributed by atoms with Crippen molar-refractivity contribution in [1.29, 1.82) is 0 Å². The molecule has 4 nitrogen and oxygen atoms in total. The van der Waals surface area contributed by atoms with E-state index in [1.165, 1.54) is 0 Å². The number of hydrogen-bond donors (Lipinski definition) is 1. The summed E-state index contributed by atoms with van der Waals surface area (Å²) in [6, 6.07) is 0. The van der Waals surface area contributed by atoms with E-state index in [1.54, 1.807) is 0 Å². The Labute approximate surface area is 47.5 Å². The molecule has 0 aromatic carbocycles. The van der Waals surface area contributed by atoms with Crippen molar-refractivity contribution in [2.75, 3.05) is 0 Å². The molecule has 36 valence electrons. The van der Waals surface area contributed by atoms with E-state index in [4.69, 9.17) is 15.3 Å². The molecule has 0 aliphatic carbocycles. The SMILES string of the molecule is F.O=[N+]([O-])O.[Ti]. The number of rotatable bonds is 0. The molecule has 6 heteroatoms. The van der Waals surface area contributed by atoms with Crippen molar-refractivity contribution in [2.24, 2.45) is 0 Å². The van der Waals surface area contributed by atoms with Gasteiger partial charge in [-0.05, 0) is 0 Å². The van der Waals surface area contributed by atoms with Crippen LogP contribution in [-0.2, 0) is 21.7 Å². The van der Waals surface area contributed by atoms with Gasteiger partial charge in [0.25, 0.3) is 5.09 Å². The molecular formula is H2FNO3Ti. The van der Waals surface area contributed by atoms with E-state index in [0.29, 0.717) is 0 Å². The van der Waals surface area contributed by atoms with Crippen molar-refractivity contribution in [2.45, 2.75) is 0 Å². The summed E-state index contributed by atoms with van der Waals surface area (Å²) in [5.74, 6) is 0. The molecule has 0 aromatic heterocycles. The smallest absolute Gasteiger partial charge is 0.291 e. The summed E-state index contributed by atoms with van der Waals surface area (Å²) in [5.41, 5.74) is 0. The molecule has 6 heavy (non-hydrogen) atoms. The average molecular weight is 131 g/mol. The van der Waals surface area contributed by atoms with Crippen molar-refractivity contribution in [3.8, 4) is 0 Å². The topological polar surface area (TPSA) is 63.4 Å². The Bertz CT molecular complexity index is 33.8. The Hall–Kier alpha value is -0.156. The Kier molecular flexibility index (Phi) is 25.0. The van der Waals surface area contributed by atoms with Crippen LogP contribution in [0.1, 0.15) is 0 Å². The van der Waals surface area contributed by atoms with E-state index in [9.17, 15) is 0 Å². The second-order valence-electron chi connectivity index (χ2n) is 0.238. The van der Waals surface area contributed by atoms with E-state index in [1.807, 2.05) is 0 Å². The molecule has 1 N–H and O–H groups in total. The predicted octanol–water partition coefficient (Wildman–Crippen LogP) is -0.198. The monoisotopic (exact) mass is 131 g/mol. The maximum atomic E-state index is 8.36. The molecule has 0 heterocycles. The van der Waals surface area contributed by atoms with Gasteiger partial charge in [-0.3, -0.25) is 4.70 Å². The first-order valence-electron chi connectivity index (χ1n) is 0.565. The normalized spacial score (nSPS) is 4.00. The fourth-order valence-corrected chi connectivity index (χ4v) is 0. The van der Waals surface area contributed by atoms with E-state index >= 15 is 0 Å². The minimum absolute atomic E-state index is 0. The van der Waals surface area contributed by atoms with Crippen molar-refractivity contribution in [3.63, 3.8) is 0 Å². The third-order valence-corrected chi connectivity index (χ3v) is 0. The standard InChI is InChI=1S/FH.HNO3.Ti/c;2-1(3)4;/h1H;(H,2,3,4);. The summed E-state index contributed by atoms with van der Waals surface area (Å²) >= 11 is 0. The largest absolute Gasteiger partial charge is 0.328 e. The quantitative estimate of drug-likeness (QED) is 0.281. The van der Waals surface area contributed by atoms with Gasteiger partial charge in [-0.1, -0.05) is 0 Å². The maximum Gasteiger partial charge on any atom is 0.291 e. The van der Waals surface area contributed by atoms with Gasteiger partial charge in [0, 0.05) is 21.7 Å². The molecular weight excluding hydrogens is 129 g/mol. The average Bonchev–Trinajstić information content (AvgIpc) is 0.811. The summed E-state index contributed by atoms with van der Waals surface area (Å²) < 4.78 is 0. The molecule has 0 radical (unpaired) electrons. The minimum atomic E-state index is -1.50. The van der Waals surface area contributed by atoms with Crippen LogP contribution >= 0.6 is 0 Å². The molecule has 0 aromatic rings. The van der Waals surface area contributed by atoms with Crippen molar-refractivity contribution in [1.82, 2.24) is 0 Å². The molecule has 0 spiro atoms. The Morgan fingerprint density at radius 1 is 1.67 bits per heavy atom. The minimum Gasteiger partial charge on any atom is -0.328 e. The zero-order valence-electron chi connectivity index (χ0n) is 2.62. The molecule has 0 bridgehead atoms. The molecule has 0 saturated heterocycles. The van der Waals surface area contributed by atoms with Crippen LogP contribution in [0.2, 0.25) is 0 Å². The van der Waals surface area contributed by atoms with Gasteiger partial charge in [0.1, 0.15) is 0 Å². The van der Waals surface area contributed by atoms with E-state index < -0.39 is 5.09 Å². The molecule has 0 fully saturated rings. The molecule has 0 aliphatic heterocycles. The number of halogens is 1. The second kappa shape index (κ2) is 8.85. The number of nitrogens with zero attached hydrogens (tertiary/aromatic N) is 1.